The third-order valence-electron chi connectivity index (χ3n) is 5.12. The first kappa shape index (κ1) is 17.3. The van der Waals surface area contributed by atoms with Gasteiger partial charge in [0.2, 0.25) is 11.8 Å². The van der Waals surface area contributed by atoms with Gasteiger partial charge in [0.25, 0.3) is 0 Å². The molecule has 0 saturated heterocycles. The van der Waals surface area contributed by atoms with E-state index in [4.69, 9.17) is 4.42 Å². The van der Waals surface area contributed by atoms with Gasteiger partial charge in [-0.1, -0.05) is 17.7 Å². The lowest BCUT2D eigenvalue weighted by molar-refractivity contribution is -0.129. The van der Waals surface area contributed by atoms with Gasteiger partial charge in [0.05, 0.1) is 12.2 Å². The van der Waals surface area contributed by atoms with Crippen molar-refractivity contribution in [2.75, 3.05) is 5.32 Å². The van der Waals surface area contributed by atoms with Gasteiger partial charge in [0.15, 0.2) is 5.78 Å². The van der Waals surface area contributed by atoms with Crippen LogP contribution in [0.4, 0.5) is 5.69 Å². The van der Waals surface area contributed by atoms with Crippen molar-refractivity contribution in [3.05, 3.63) is 65.3 Å². The normalized spacial score (nSPS) is 22.3. The van der Waals surface area contributed by atoms with E-state index in [1.807, 2.05) is 25.1 Å². The van der Waals surface area contributed by atoms with Crippen molar-refractivity contribution in [1.82, 2.24) is 5.32 Å². The fourth-order valence-electron chi connectivity index (χ4n) is 3.78. The van der Waals surface area contributed by atoms with E-state index in [2.05, 4.69) is 10.6 Å². The van der Waals surface area contributed by atoms with Gasteiger partial charge in [-0.05, 0) is 37.6 Å². The third-order valence-corrected chi connectivity index (χ3v) is 5.12. The van der Waals surface area contributed by atoms with Gasteiger partial charge in [-0.25, -0.2) is 0 Å². The van der Waals surface area contributed by atoms with Crippen LogP contribution < -0.4 is 10.6 Å². The first-order valence-corrected chi connectivity index (χ1v) is 8.98. The molecule has 138 valence electrons. The first-order chi connectivity index (χ1) is 13.0. The molecule has 1 aliphatic heterocycles. The second kappa shape index (κ2) is 6.87. The molecule has 2 amide bonds. The molecule has 4 rings (SSSR count). The largest absolute Gasteiger partial charge is 0.469 e. The van der Waals surface area contributed by atoms with Gasteiger partial charge in [0.1, 0.15) is 5.76 Å². The topological polar surface area (TPSA) is 88.4 Å². The van der Waals surface area contributed by atoms with E-state index in [9.17, 15) is 14.4 Å². The summed E-state index contributed by atoms with van der Waals surface area (Å²) in [6, 6.07) is 11.0. The number of furan rings is 1. The fourth-order valence-corrected chi connectivity index (χ4v) is 3.78. The summed E-state index contributed by atoms with van der Waals surface area (Å²) in [7, 11) is 0. The Kier molecular flexibility index (Phi) is 4.39. The Morgan fingerprint density at radius 3 is 2.59 bits per heavy atom. The molecule has 1 aliphatic carbocycles. The molecule has 0 bridgehead atoms. The summed E-state index contributed by atoms with van der Waals surface area (Å²) in [5.74, 6) is -0.848. The summed E-state index contributed by atoms with van der Waals surface area (Å²) in [6.45, 7) is 1.96. The van der Waals surface area contributed by atoms with Crippen molar-refractivity contribution in [3.8, 4) is 0 Å². The number of carbonyl (C=O) groups is 3. The Hall–Kier alpha value is -3.15. The number of amides is 2. The molecule has 2 atom stereocenters. The average molecular weight is 364 g/mol. The molecule has 2 N–H and O–H groups in total. The average Bonchev–Trinajstić information content (AvgIpc) is 3.17. The lowest BCUT2D eigenvalue weighted by Crippen LogP contribution is -2.43. The number of aryl methyl sites for hydroxylation is 1. The van der Waals surface area contributed by atoms with Crippen LogP contribution in [0.15, 0.2) is 58.3 Å². The van der Waals surface area contributed by atoms with Gasteiger partial charge in [-0.2, -0.15) is 0 Å². The summed E-state index contributed by atoms with van der Waals surface area (Å²) < 4.78 is 5.42. The Morgan fingerprint density at radius 2 is 1.89 bits per heavy atom. The van der Waals surface area contributed by atoms with Crippen molar-refractivity contribution in [3.63, 3.8) is 0 Å². The Balaban J connectivity index is 1.60. The molecule has 27 heavy (non-hydrogen) atoms. The van der Waals surface area contributed by atoms with Gasteiger partial charge in [0, 0.05) is 35.7 Å². The van der Waals surface area contributed by atoms with E-state index in [0.717, 1.165) is 11.3 Å². The van der Waals surface area contributed by atoms with Gasteiger partial charge in [-0.15, -0.1) is 0 Å². The summed E-state index contributed by atoms with van der Waals surface area (Å²) in [6.07, 6.45) is 2.31. The minimum absolute atomic E-state index is 0.0202. The van der Waals surface area contributed by atoms with Crippen LogP contribution in [0.1, 0.15) is 36.5 Å². The van der Waals surface area contributed by atoms with Gasteiger partial charge in [-0.3, -0.25) is 14.4 Å². The summed E-state index contributed by atoms with van der Waals surface area (Å²) in [5, 5.41) is 5.62. The van der Waals surface area contributed by atoms with Crippen LogP contribution in [0, 0.1) is 12.8 Å². The number of anilines is 1. The standard InChI is InChI=1S/C21H20N2O4/c1-12-4-6-14(7-5-12)22-21(26)15-11-19(25)23-16-9-13(10-17(24)20(15)16)18-3-2-8-27-18/h2-8,13,15H,9-11H2,1H3,(H,22,26)(H,23,25). The monoisotopic (exact) mass is 364 g/mol. The van der Waals surface area contributed by atoms with E-state index in [0.29, 0.717) is 23.4 Å². The molecule has 0 saturated carbocycles. The maximum Gasteiger partial charge on any atom is 0.232 e. The zero-order valence-corrected chi connectivity index (χ0v) is 15.0. The number of hydrogen-bond donors (Lipinski definition) is 2. The van der Waals surface area contributed by atoms with Crippen LogP contribution in [0.5, 0.6) is 0 Å². The minimum Gasteiger partial charge on any atom is -0.469 e. The lowest BCUT2D eigenvalue weighted by Gasteiger charge is -2.32. The van der Waals surface area contributed by atoms with Crippen molar-refractivity contribution < 1.29 is 18.8 Å². The lowest BCUT2D eigenvalue weighted by atomic mass is 9.76. The third kappa shape index (κ3) is 3.43. The van der Waals surface area contributed by atoms with Crippen LogP contribution in [-0.2, 0) is 14.4 Å². The number of Topliss-reactive ketones (excluding diaryl/α,β-unsaturated/α-hetero) is 1. The molecule has 2 heterocycles. The molecule has 1 aromatic carbocycles. The fraction of sp³-hybridized carbons (Fsp3) is 0.286. The Morgan fingerprint density at radius 1 is 1.11 bits per heavy atom. The van der Waals surface area contributed by atoms with E-state index in [1.54, 1.807) is 24.5 Å². The molecule has 0 spiro atoms. The second-order valence-electron chi connectivity index (χ2n) is 7.10. The molecule has 1 aromatic heterocycles. The van der Waals surface area contributed by atoms with E-state index < -0.39 is 5.92 Å². The molecule has 0 radical (unpaired) electrons. The summed E-state index contributed by atoms with van der Waals surface area (Å²) in [5.41, 5.74) is 2.71. The molecule has 6 heteroatoms. The maximum absolute atomic E-state index is 12.8. The number of hydrogen-bond acceptors (Lipinski definition) is 4. The Labute approximate surface area is 156 Å². The quantitative estimate of drug-likeness (QED) is 0.876. The van der Waals surface area contributed by atoms with Gasteiger partial charge >= 0.3 is 0 Å². The van der Waals surface area contributed by atoms with Crippen LogP contribution in [0.25, 0.3) is 0 Å². The van der Waals surface area contributed by atoms with Crippen molar-refractivity contribution in [1.29, 1.82) is 0 Å². The number of allylic oxidation sites excluding steroid dienone is 1. The smallest absolute Gasteiger partial charge is 0.232 e. The van der Waals surface area contributed by atoms with E-state index in [-0.39, 0.29) is 36.4 Å². The summed E-state index contributed by atoms with van der Waals surface area (Å²) in [4.78, 5) is 37.8. The highest BCUT2D eigenvalue weighted by Crippen LogP contribution is 2.39. The molecule has 2 aromatic rings. The predicted octanol–water partition coefficient (Wildman–Crippen LogP) is 3.06. The second-order valence-corrected chi connectivity index (χ2v) is 7.10. The van der Waals surface area contributed by atoms with E-state index >= 15 is 0 Å². The number of rotatable bonds is 3. The number of nitrogens with one attached hydrogen (secondary N) is 2. The van der Waals surface area contributed by atoms with Crippen LogP contribution >= 0.6 is 0 Å². The Bertz CT molecular complexity index is 926. The van der Waals surface area contributed by atoms with Crippen LogP contribution in [0.3, 0.4) is 0 Å². The zero-order valence-electron chi connectivity index (χ0n) is 15.0. The molecule has 0 fully saturated rings. The molecule has 6 nitrogen and oxygen atoms in total. The minimum atomic E-state index is -0.764. The number of ketones is 1. The maximum atomic E-state index is 12.8. The van der Waals surface area contributed by atoms with Gasteiger partial charge < -0.3 is 15.1 Å². The summed E-state index contributed by atoms with van der Waals surface area (Å²) >= 11 is 0. The molecular weight excluding hydrogens is 344 g/mol. The highest BCUT2D eigenvalue weighted by molar-refractivity contribution is 6.09. The SMILES string of the molecule is Cc1ccc(NC(=O)C2CC(=O)NC3=C2C(=O)CC(c2ccco2)C3)cc1. The van der Waals surface area contributed by atoms with E-state index in [1.165, 1.54) is 0 Å². The highest BCUT2D eigenvalue weighted by atomic mass is 16.3. The first-order valence-electron chi connectivity index (χ1n) is 8.98. The number of carbonyl (C=O) groups excluding carboxylic acids is 3. The molecular formula is C21H20N2O4. The number of benzene rings is 1. The van der Waals surface area contributed by atoms with Crippen LogP contribution in [-0.4, -0.2) is 17.6 Å². The molecule has 2 aliphatic rings. The highest BCUT2D eigenvalue weighted by Gasteiger charge is 2.41. The predicted molar refractivity (Wildman–Crippen MR) is 98.8 cm³/mol. The van der Waals surface area contributed by atoms with Crippen molar-refractivity contribution >= 4 is 23.3 Å². The van der Waals surface area contributed by atoms with Crippen molar-refractivity contribution in [2.45, 2.75) is 32.1 Å². The molecule has 2 unspecified atom stereocenters. The van der Waals surface area contributed by atoms with Crippen LogP contribution in [0.2, 0.25) is 0 Å². The van der Waals surface area contributed by atoms with Crippen molar-refractivity contribution in [2.24, 2.45) is 5.92 Å². The zero-order chi connectivity index (χ0) is 19.0.